The Morgan fingerprint density at radius 3 is 2.57 bits per heavy atom. The SMILES string of the molecule is CCCCC(CC)C(=O)NCc1ccc(OC)cc1OC. The van der Waals surface area contributed by atoms with Crippen molar-refractivity contribution >= 4 is 5.91 Å². The number of amides is 1. The average Bonchev–Trinajstić information content (AvgIpc) is 2.53. The molecular formula is C17H27NO3. The third-order valence-electron chi connectivity index (χ3n) is 3.72. The molecule has 0 aromatic heterocycles. The predicted molar refractivity (Wildman–Crippen MR) is 84.7 cm³/mol. The number of ether oxygens (including phenoxy) is 2. The Labute approximate surface area is 127 Å². The zero-order chi connectivity index (χ0) is 15.7. The summed E-state index contributed by atoms with van der Waals surface area (Å²) in [6.45, 7) is 4.69. The van der Waals surface area contributed by atoms with Gasteiger partial charge < -0.3 is 14.8 Å². The minimum Gasteiger partial charge on any atom is -0.497 e. The fraction of sp³-hybridized carbons (Fsp3) is 0.588. The van der Waals surface area contributed by atoms with E-state index in [1.54, 1.807) is 14.2 Å². The van der Waals surface area contributed by atoms with Crippen LogP contribution in [-0.2, 0) is 11.3 Å². The van der Waals surface area contributed by atoms with Gasteiger partial charge in [-0.05, 0) is 25.0 Å². The van der Waals surface area contributed by atoms with Crippen LogP contribution in [0.5, 0.6) is 11.5 Å². The van der Waals surface area contributed by atoms with Gasteiger partial charge in [0.25, 0.3) is 0 Å². The molecule has 0 saturated carbocycles. The van der Waals surface area contributed by atoms with Crippen molar-refractivity contribution in [3.05, 3.63) is 23.8 Å². The smallest absolute Gasteiger partial charge is 0.223 e. The van der Waals surface area contributed by atoms with Crippen molar-refractivity contribution in [2.24, 2.45) is 5.92 Å². The van der Waals surface area contributed by atoms with Crippen LogP contribution in [0, 0.1) is 5.92 Å². The van der Waals surface area contributed by atoms with Gasteiger partial charge in [-0.2, -0.15) is 0 Å². The molecule has 0 radical (unpaired) electrons. The zero-order valence-electron chi connectivity index (χ0n) is 13.6. The van der Waals surface area contributed by atoms with Crippen molar-refractivity contribution in [3.8, 4) is 11.5 Å². The molecule has 1 atom stereocenters. The number of carbonyl (C=O) groups excluding carboxylic acids is 1. The van der Waals surface area contributed by atoms with E-state index < -0.39 is 0 Å². The summed E-state index contributed by atoms with van der Waals surface area (Å²) in [6, 6.07) is 5.62. The highest BCUT2D eigenvalue weighted by atomic mass is 16.5. The van der Waals surface area contributed by atoms with E-state index in [4.69, 9.17) is 9.47 Å². The van der Waals surface area contributed by atoms with E-state index in [2.05, 4.69) is 19.2 Å². The van der Waals surface area contributed by atoms with E-state index in [0.717, 1.165) is 42.7 Å². The molecule has 1 unspecified atom stereocenters. The molecule has 1 aromatic rings. The molecule has 21 heavy (non-hydrogen) atoms. The van der Waals surface area contributed by atoms with Gasteiger partial charge >= 0.3 is 0 Å². The molecule has 1 rings (SSSR count). The Balaban J connectivity index is 2.63. The van der Waals surface area contributed by atoms with Gasteiger partial charge in [0.05, 0.1) is 14.2 Å². The Morgan fingerprint density at radius 2 is 2.00 bits per heavy atom. The Hall–Kier alpha value is -1.71. The molecule has 0 aliphatic heterocycles. The number of unbranched alkanes of at least 4 members (excludes halogenated alkanes) is 1. The third-order valence-corrected chi connectivity index (χ3v) is 3.72. The van der Waals surface area contributed by atoms with Gasteiger partial charge in [-0.1, -0.05) is 26.7 Å². The lowest BCUT2D eigenvalue weighted by Gasteiger charge is -2.16. The van der Waals surface area contributed by atoms with Crippen molar-refractivity contribution < 1.29 is 14.3 Å². The Kier molecular flexibility index (Phi) is 7.65. The molecule has 1 aromatic carbocycles. The summed E-state index contributed by atoms with van der Waals surface area (Å²) < 4.78 is 10.5. The first kappa shape index (κ1) is 17.3. The lowest BCUT2D eigenvalue weighted by molar-refractivity contribution is -0.125. The molecule has 0 spiro atoms. The molecule has 0 fully saturated rings. The topological polar surface area (TPSA) is 47.6 Å². The third kappa shape index (κ3) is 5.29. The molecular weight excluding hydrogens is 266 g/mol. The molecule has 0 aliphatic rings. The summed E-state index contributed by atoms with van der Waals surface area (Å²) in [6.07, 6.45) is 4.05. The van der Waals surface area contributed by atoms with Crippen LogP contribution in [0.2, 0.25) is 0 Å². The van der Waals surface area contributed by atoms with Gasteiger partial charge in [-0.25, -0.2) is 0 Å². The van der Waals surface area contributed by atoms with Gasteiger partial charge in [0.2, 0.25) is 5.91 Å². The second-order valence-electron chi connectivity index (χ2n) is 5.14. The van der Waals surface area contributed by atoms with Crippen molar-refractivity contribution in [1.82, 2.24) is 5.32 Å². The molecule has 1 N–H and O–H groups in total. The number of benzene rings is 1. The Bertz CT molecular complexity index is 446. The van der Waals surface area contributed by atoms with Crippen LogP contribution in [0.25, 0.3) is 0 Å². The quantitative estimate of drug-likeness (QED) is 0.757. The number of rotatable bonds is 9. The maximum atomic E-state index is 12.2. The largest absolute Gasteiger partial charge is 0.497 e. The van der Waals surface area contributed by atoms with Gasteiger partial charge in [0.15, 0.2) is 0 Å². The lowest BCUT2D eigenvalue weighted by atomic mass is 9.98. The summed E-state index contributed by atoms with van der Waals surface area (Å²) >= 11 is 0. The summed E-state index contributed by atoms with van der Waals surface area (Å²) in [4.78, 5) is 12.2. The number of nitrogens with one attached hydrogen (secondary N) is 1. The summed E-state index contributed by atoms with van der Waals surface area (Å²) in [5, 5.41) is 3.01. The zero-order valence-corrected chi connectivity index (χ0v) is 13.6. The molecule has 4 nitrogen and oxygen atoms in total. The lowest BCUT2D eigenvalue weighted by Crippen LogP contribution is -2.30. The first-order valence-corrected chi connectivity index (χ1v) is 7.64. The van der Waals surface area contributed by atoms with Crippen molar-refractivity contribution in [3.63, 3.8) is 0 Å². The van der Waals surface area contributed by atoms with E-state index >= 15 is 0 Å². The summed E-state index contributed by atoms with van der Waals surface area (Å²) in [5.74, 6) is 1.71. The molecule has 0 saturated heterocycles. The van der Waals surface area contributed by atoms with E-state index in [0.29, 0.717) is 6.54 Å². The van der Waals surface area contributed by atoms with Crippen molar-refractivity contribution in [2.75, 3.05) is 14.2 Å². The van der Waals surface area contributed by atoms with E-state index in [-0.39, 0.29) is 11.8 Å². The molecule has 0 bridgehead atoms. The van der Waals surface area contributed by atoms with Crippen molar-refractivity contribution in [1.29, 1.82) is 0 Å². The monoisotopic (exact) mass is 293 g/mol. The van der Waals surface area contributed by atoms with Crippen LogP contribution in [-0.4, -0.2) is 20.1 Å². The highest BCUT2D eigenvalue weighted by molar-refractivity contribution is 5.78. The fourth-order valence-corrected chi connectivity index (χ4v) is 2.30. The van der Waals surface area contributed by atoms with Crippen LogP contribution in [0.15, 0.2) is 18.2 Å². The first-order valence-electron chi connectivity index (χ1n) is 7.64. The van der Waals surface area contributed by atoms with Crippen LogP contribution < -0.4 is 14.8 Å². The van der Waals surface area contributed by atoms with Crippen molar-refractivity contribution in [2.45, 2.75) is 46.1 Å². The minimum atomic E-state index is 0.106. The van der Waals surface area contributed by atoms with E-state index in [9.17, 15) is 4.79 Å². The van der Waals surface area contributed by atoms with Crippen LogP contribution in [0.1, 0.15) is 45.1 Å². The Morgan fingerprint density at radius 1 is 1.24 bits per heavy atom. The maximum Gasteiger partial charge on any atom is 0.223 e. The molecule has 0 heterocycles. The highest BCUT2D eigenvalue weighted by Crippen LogP contribution is 2.24. The second kappa shape index (κ2) is 9.27. The highest BCUT2D eigenvalue weighted by Gasteiger charge is 2.16. The standard InChI is InChI=1S/C17H27NO3/c1-5-7-8-13(6-2)17(19)18-12-14-9-10-15(20-3)11-16(14)21-4/h9-11,13H,5-8,12H2,1-4H3,(H,18,19). The van der Waals surface area contributed by atoms with Crippen LogP contribution in [0.4, 0.5) is 0 Å². The van der Waals surface area contributed by atoms with Gasteiger partial charge in [0.1, 0.15) is 11.5 Å². The average molecular weight is 293 g/mol. The maximum absolute atomic E-state index is 12.2. The van der Waals surface area contributed by atoms with E-state index in [1.807, 2.05) is 18.2 Å². The number of hydrogen-bond donors (Lipinski definition) is 1. The van der Waals surface area contributed by atoms with Gasteiger partial charge in [0, 0.05) is 24.1 Å². The van der Waals surface area contributed by atoms with Crippen LogP contribution >= 0.6 is 0 Å². The summed E-state index contributed by atoms with van der Waals surface area (Å²) in [7, 11) is 3.24. The minimum absolute atomic E-state index is 0.106. The molecule has 1 amide bonds. The van der Waals surface area contributed by atoms with E-state index in [1.165, 1.54) is 0 Å². The number of carbonyl (C=O) groups is 1. The van der Waals surface area contributed by atoms with Gasteiger partial charge in [-0.15, -0.1) is 0 Å². The first-order chi connectivity index (χ1) is 10.2. The van der Waals surface area contributed by atoms with Crippen LogP contribution in [0.3, 0.4) is 0 Å². The number of methoxy groups -OCH3 is 2. The van der Waals surface area contributed by atoms with Gasteiger partial charge in [-0.3, -0.25) is 4.79 Å². The predicted octanol–water partition coefficient (Wildman–Crippen LogP) is 3.54. The normalized spacial score (nSPS) is 11.8. The molecule has 0 aliphatic carbocycles. The fourth-order valence-electron chi connectivity index (χ4n) is 2.30. The number of hydrogen-bond acceptors (Lipinski definition) is 3. The molecule has 118 valence electrons. The summed E-state index contributed by atoms with van der Waals surface area (Å²) in [5.41, 5.74) is 0.956. The second-order valence-corrected chi connectivity index (χ2v) is 5.14. The molecule has 4 heteroatoms.